The lowest BCUT2D eigenvalue weighted by molar-refractivity contribution is -0.164. The molecular formula is C25H23NO5. The van der Waals surface area contributed by atoms with Crippen LogP contribution in [-0.2, 0) is 14.3 Å². The van der Waals surface area contributed by atoms with E-state index in [0.717, 1.165) is 11.1 Å². The molecule has 0 aromatic heterocycles. The molecule has 31 heavy (non-hydrogen) atoms. The van der Waals surface area contributed by atoms with E-state index >= 15 is 0 Å². The van der Waals surface area contributed by atoms with E-state index in [9.17, 15) is 9.59 Å². The zero-order chi connectivity index (χ0) is 21.8. The molecule has 2 atom stereocenters. The normalized spacial score (nSPS) is 15.6. The fourth-order valence-corrected chi connectivity index (χ4v) is 3.30. The van der Waals surface area contributed by atoms with Crippen LogP contribution in [0.15, 0.2) is 72.8 Å². The maximum absolute atomic E-state index is 13.1. The molecule has 0 spiro atoms. The van der Waals surface area contributed by atoms with Gasteiger partial charge >= 0.3 is 5.97 Å². The predicted octanol–water partition coefficient (Wildman–Crippen LogP) is 4.37. The molecule has 6 heteroatoms. The van der Waals surface area contributed by atoms with Crippen LogP contribution in [0.2, 0.25) is 0 Å². The van der Waals surface area contributed by atoms with E-state index in [1.807, 2.05) is 44.2 Å². The van der Waals surface area contributed by atoms with Crippen LogP contribution in [0.5, 0.6) is 11.5 Å². The molecule has 1 aliphatic heterocycles. The van der Waals surface area contributed by atoms with E-state index in [1.165, 1.54) is 0 Å². The second-order valence-corrected chi connectivity index (χ2v) is 7.40. The summed E-state index contributed by atoms with van der Waals surface area (Å²) in [5, 5.41) is 2.89. The minimum Gasteiger partial charge on any atom is -0.485 e. The molecule has 1 heterocycles. The Morgan fingerprint density at radius 1 is 0.968 bits per heavy atom. The van der Waals surface area contributed by atoms with Gasteiger partial charge < -0.3 is 19.5 Å². The first kappa shape index (κ1) is 20.5. The SMILES string of the molecule is Cc1ccc(C)c(NC(=O)[C@@H](OC(=O)[C@H]2COc3ccccc3O2)c2ccccc2)c1. The topological polar surface area (TPSA) is 73.9 Å². The van der Waals surface area contributed by atoms with Crippen LogP contribution in [0.3, 0.4) is 0 Å². The Hall–Kier alpha value is -3.80. The van der Waals surface area contributed by atoms with Gasteiger partial charge in [-0.15, -0.1) is 0 Å². The fourth-order valence-electron chi connectivity index (χ4n) is 3.30. The number of carbonyl (C=O) groups is 2. The summed E-state index contributed by atoms with van der Waals surface area (Å²) >= 11 is 0. The van der Waals surface area contributed by atoms with Gasteiger partial charge in [0.25, 0.3) is 5.91 Å². The lowest BCUT2D eigenvalue weighted by atomic mass is 10.1. The van der Waals surface area contributed by atoms with Crippen molar-refractivity contribution in [2.75, 3.05) is 11.9 Å². The molecule has 4 rings (SSSR count). The highest BCUT2D eigenvalue weighted by Crippen LogP contribution is 2.32. The third-order valence-corrected chi connectivity index (χ3v) is 5.00. The molecule has 0 aliphatic carbocycles. The standard InChI is InChI=1S/C25H23NO5/c1-16-12-13-17(2)19(14-16)26-24(27)23(18-8-4-3-5-9-18)31-25(28)22-15-29-20-10-6-7-11-21(20)30-22/h3-14,22-23H,15H2,1-2H3,(H,26,27)/t22-,23+/m1/s1. The Kier molecular flexibility index (Phi) is 5.89. The molecular weight excluding hydrogens is 394 g/mol. The number of fused-ring (bicyclic) bond motifs is 1. The van der Waals surface area contributed by atoms with Crippen molar-refractivity contribution >= 4 is 17.6 Å². The molecule has 6 nitrogen and oxygen atoms in total. The van der Waals surface area contributed by atoms with Crippen LogP contribution in [0, 0.1) is 13.8 Å². The number of hydrogen-bond acceptors (Lipinski definition) is 5. The van der Waals surface area contributed by atoms with E-state index in [-0.39, 0.29) is 6.61 Å². The molecule has 0 bridgehead atoms. The Morgan fingerprint density at radius 2 is 1.68 bits per heavy atom. The quantitative estimate of drug-likeness (QED) is 0.624. The Labute approximate surface area is 180 Å². The number of ether oxygens (including phenoxy) is 3. The van der Waals surface area contributed by atoms with Gasteiger partial charge in [0.1, 0.15) is 6.61 Å². The monoisotopic (exact) mass is 417 g/mol. The third-order valence-electron chi connectivity index (χ3n) is 5.00. The molecule has 1 amide bonds. The first-order chi connectivity index (χ1) is 15.0. The van der Waals surface area contributed by atoms with Crippen LogP contribution >= 0.6 is 0 Å². The highest BCUT2D eigenvalue weighted by molar-refractivity contribution is 5.97. The van der Waals surface area contributed by atoms with Gasteiger partial charge in [0.15, 0.2) is 11.5 Å². The van der Waals surface area contributed by atoms with Crippen molar-refractivity contribution in [3.63, 3.8) is 0 Å². The van der Waals surface area contributed by atoms with Gasteiger partial charge in [-0.1, -0.05) is 54.6 Å². The highest BCUT2D eigenvalue weighted by Gasteiger charge is 2.33. The number of para-hydroxylation sites is 2. The number of carbonyl (C=O) groups excluding carboxylic acids is 2. The van der Waals surface area contributed by atoms with E-state index < -0.39 is 24.1 Å². The maximum Gasteiger partial charge on any atom is 0.352 e. The molecule has 3 aromatic carbocycles. The summed E-state index contributed by atoms with van der Waals surface area (Å²) in [5.41, 5.74) is 3.17. The van der Waals surface area contributed by atoms with Crippen molar-refractivity contribution in [3.8, 4) is 11.5 Å². The van der Waals surface area contributed by atoms with Gasteiger partial charge in [0.2, 0.25) is 12.2 Å². The first-order valence-electron chi connectivity index (χ1n) is 10.0. The second-order valence-electron chi connectivity index (χ2n) is 7.40. The molecule has 3 aromatic rings. The Bertz CT molecular complexity index is 1100. The number of benzene rings is 3. The molecule has 0 radical (unpaired) electrons. The van der Waals surface area contributed by atoms with Crippen molar-refractivity contribution < 1.29 is 23.8 Å². The van der Waals surface area contributed by atoms with Crippen LogP contribution < -0.4 is 14.8 Å². The molecule has 0 saturated heterocycles. The van der Waals surface area contributed by atoms with Crippen molar-refractivity contribution in [3.05, 3.63) is 89.5 Å². The number of rotatable bonds is 5. The smallest absolute Gasteiger partial charge is 0.352 e. The van der Waals surface area contributed by atoms with Crippen molar-refractivity contribution in [2.24, 2.45) is 0 Å². The van der Waals surface area contributed by atoms with Gasteiger partial charge in [-0.3, -0.25) is 4.79 Å². The second kappa shape index (κ2) is 8.92. The molecule has 0 saturated carbocycles. The average molecular weight is 417 g/mol. The van der Waals surface area contributed by atoms with Crippen molar-refractivity contribution in [2.45, 2.75) is 26.1 Å². The van der Waals surface area contributed by atoms with Crippen LogP contribution in [0.25, 0.3) is 0 Å². The summed E-state index contributed by atoms with van der Waals surface area (Å²) in [6, 6.07) is 21.8. The summed E-state index contributed by atoms with van der Waals surface area (Å²) in [6.07, 6.45) is -2.09. The number of hydrogen-bond donors (Lipinski definition) is 1. The van der Waals surface area contributed by atoms with Crippen molar-refractivity contribution in [1.29, 1.82) is 0 Å². The van der Waals surface area contributed by atoms with Gasteiger partial charge in [0.05, 0.1) is 0 Å². The highest BCUT2D eigenvalue weighted by atomic mass is 16.6. The molecule has 0 unspecified atom stereocenters. The fraction of sp³-hybridized carbons (Fsp3) is 0.200. The Morgan fingerprint density at radius 3 is 2.45 bits per heavy atom. The van der Waals surface area contributed by atoms with Crippen LogP contribution in [-0.4, -0.2) is 24.6 Å². The van der Waals surface area contributed by atoms with E-state index in [0.29, 0.717) is 22.7 Å². The van der Waals surface area contributed by atoms with Gasteiger partial charge in [-0.2, -0.15) is 0 Å². The summed E-state index contributed by atoms with van der Waals surface area (Å²) in [4.78, 5) is 26.0. The lowest BCUT2D eigenvalue weighted by Gasteiger charge is -2.26. The zero-order valence-corrected chi connectivity index (χ0v) is 17.3. The van der Waals surface area contributed by atoms with E-state index in [4.69, 9.17) is 14.2 Å². The summed E-state index contributed by atoms with van der Waals surface area (Å²) in [5.74, 6) is -0.0736. The van der Waals surface area contributed by atoms with Gasteiger partial charge in [-0.05, 0) is 43.2 Å². The summed E-state index contributed by atoms with van der Waals surface area (Å²) < 4.78 is 17.0. The lowest BCUT2D eigenvalue weighted by Crippen LogP contribution is -2.39. The molecule has 0 fully saturated rings. The molecule has 1 aliphatic rings. The number of aryl methyl sites for hydroxylation is 2. The summed E-state index contributed by atoms with van der Waals surface area (Å²) in [7, 11) is 0. The van der Waals surface area contributed by atoms with Crippen molar-refractivity contribution in [1.82, 2.24) is 0 Å². The third kappa shape index (κ3) is 4.69. The average Bonchev–Trinajstić information content (AvgIpc) is 2.80. The molecule has 1 N–H and O–H groups in total. The number of anilines is 1. The Balaban J connectivity index is 1.54. The van der Waals surface area contributed by atoms with Crippen LogP contribution in [0.4, 0.5) is 5.69 Å². The number of esters is 1. The van der Waals surface area contributed by atoms with Crippen LogP contribution in [0.1, 0.15) is 22.8 Å². The van der Waals surface area contributed by atoms with Gasteiger partial charge in [0, 0.05) is 11.3 Å². The molecule has 158 valence electrons. The van der Waals surface area contributed by atoms with E-state index in [1.54, 1.807) is 42.5 Å². The zero-order valence-electron chi connectivity index (χ0n) is 17.3. The minimum absolute atomic E-state index is 0.00988. The maximum atomic E-state index is 13.1. The summed E-state index contributed by atoms with van der Waals surface area (Å²) in [6.45, 7) is 3.86. The number of nitrogens with one attached hydrogen (secondary N) is 1. The largest absolute Gasteiger partial charge is 0.485 e. The number of amides is 1. The van der Waals surface area contributed by atoms with Gasteiger partial charge in [-0.25, -0.2) is 4.79 Å². The minimum atomic E-state index is -1.13. The first-order valence-corrected chi connectivity index (χ1v) is 10.0. The predicted molar refractivity (Wildman–Crippen MR) is 116 cm³/mol. The van der Waals surface area contributed by atoms with E-state index in [2.05, 4.69) is 5.32 Å².